The molecule has 1 rings (SSSR count). The van der Waals surface area contributed by atoms with Crippen molar-refractivity contribution in [2.45, 2.75) is 20.3 Å². The molecule has 0 unspecified atom stereocenters. The highest BCUT2D eigenvalue weighted by Crippen LogP contribution is 2.12. The van der Waals surface area contributed by atoms with Crippen LogP contribution in [0.25, 0.3) is 0 Å². The normalized spacial score (nSPS) is 11.2. The van der Waals surface area contributed by atoms with Gasteiger partial charge in [-0.2, -0.15) is 0 Å². The van der Waals surface area contributed by atoms with Gasteiger partial charge in [-0.25, -0.2) is 0 Å². The lowest BCUT2D eigenvalue weighted by Crippen LogP contribution is -2.37. The summed E-state index contributed by atoms with van der Waals surface area (Å²) in [7, 11) is 1.60. The van der Waals surface area contributed by atoms with Crippen LogP contribution in [0, 0.1) is 5.92 Å². The average molecular weight is 356 g/mol. The molecule has 0 radical (unpaired) electrons. The molecular weight excluding hydrogens is 328 g/mol. The van der Waals surface area contributed by atoms with Crippen LogP contribution in [0.4, 0.5) is 11.4 Å². The molecule has 8 heteroatoms. The molecule has 0 aromatic heterocycles. The van der Waals surface area contributed by atoms with Gasteiger partial charge in [0, 0.05) is 25.9 Å². The van der Waals surface area contributed by atoms with E-state index in [9.17, 15) is 14.4 Å². The Hall–Kier alpha value is -1.77. The highest BCUT2D eigenvalue weighted by atomic mass is 16.5. The van der Waals surface area contributed by atoms with Gasteiger partial charge in [-0.15, -0.1) is 0 Å². The fourth-order valence-corrected chi connectivity index (χ4v) is 2.05. The molecule has 0 aliphatic heterocycles. The summed E-state index contributed by atoms with van der Waals surface area (Å²) in [6.07, 6.45) is 0.438. The number of carbonyl (C=O) groups is 1. The van der Waals surface area contributed by atoms with E-state index in [1.165, 1.54) is 0 Å². The van der Waals surface area contributed by atoms with Crippen LogP contribution in [-0.2, 0) is 19.0 Å². The fraction of sp³-hybridized carbons (Fsp3) is 0.706. The summed E-state index contributed by atoms with van der Waals surface area (Å²) in [5, 5.41) is 5.56. The van der Waals surface area contributed by atoms with Crippen molar-refractivity contribution in [1.29, 1.82) is 0 Å². The van der Waals surface area contributed by atoms with Crippen LogP contribution in [0.5, 0.6) is 0 Å². The van der Waals surface area contributed by atoms with Crippen molar-refractivity contribution in [3.05, 3.63) is 20.4 Å². The Balaban J connectivity index is 1.89. The van der Waals surface area contributed by atoms with E-state index >= 15 is 0 Å². The number of rotatable bonds is 15. The third-order valence-electron chi connectivity index (χ3n) is 3.59. The second-order valence-corrected chi connectivity index (χ2v) is 5.79. The molecule has 0 fully saturated rings. The van der Waals surface area contributed by atoms with Crippen LogP contribution < -0.4 is 21.5 Å². The molecular formula is C17H28N2O6. The Bertz CT molecular complexity index is 592. The summed E-state index contributed by atoms with van der Waals surface area (Å²) >= 11 is 0. The minimum absolute atomic E-state index is 0.0514. The Kier molecular flexibility index (Phi) is 9.98. The predicted octanol–water partition coefficient (Wildman–Crippen LogP) is 0.401. The van der Waals surface area contributed by atoms with Crippen molar-refractivity contribution in [3.63, 3.8) is 0 Å². The molecule has 0 spiro atoms. The molecule has 1 aromatic carbocycles. The maximum atomic E-state index is 11.4. The number of ketones is 1. The zero-order valence-electron chi connectivity index (χ0n) is 15.2. The molecule has 0 bridgehead atoms. The summed E-state index contributed by atoms with van der Waals surface area (Å²) < 4.78 is 16.0. The van der Waals surface area contributed by atoms with Gasteiger partial charge in [0.1, 0.15) is 17.2 Å². The topological polar surface area (TPSA) is 103 Å². The van der Waals surface area contributed by atoms with Crippen molar-refractivity contribution in [2.75, 3.05) is 63.9 Å². The highest BCUT2D eigenvalue weighted by molar-refractivity contribution is 5.80. The van der Waals surface area contributed by atoms with E-state index in [0.717, 1.165) is 0 Å². The maximum absolute atomic E-state index is 11.4. The lowest BCUT2D eigenvalue weighted by atomic mass is 10.1. The first-order chi connectivity index (χ1) is 12.0. The average Bonchev–Trinajstić information content (AvgIpc) is 2.60. The molecule has 1 aromatic rings. The molecule has 142 valence electrons. The van der Waals surface area contributed by atoms with E-state index in [2.05, 4.69) is 10.6 Å². The van der Waals surface area contributed by atoms with Crippen LogP contribution in [0.1, 0.15) is 20.3 Å². The van der Waals surface area contributed by atoms with Gasteiger partial charge in [-0.05, 0) is 0 Å². The van der Waals surface area contributed by atoms with Crippen molar-refractivity contribution in [3.8, 4) is 0 Å². The Morgan fingerprint density at radius 1 is 0.880 bits per heavy atom. The molecule has 25 heavy (non-hydrogen) atoms. The zero-order valence-corrected chi connectivity index (χ0v) is 15.2. The first-order valence-corrected chi connectivity index (χ1v) is 8.49. The molecule has 0 atom stereocenters. The minimum Gasteiger partial charge on any atom is -0.383 e. The number of hydrogen-bond acceptors (Lipinski definition) is 8. The van der Waals surface area contributed by atoms with Crippen LogP contribution >= 0.6 is 0 Å². The highest BCUT2D eigenvalue weighted by Gasteiger charge is 2.18. The number of ether oxygens (including phenoxy) is 3. The van der Waals surface area contributed by atoms with Crippen molar-refractivity contribution in [1.82, 2.24) is 0 Å². The second-order valence-electron chi connectivity index (χ2n) is 5.79. The molecule has 0 saturated heterocycles. The number of Topliss-reactive ketones (excluding diaryl/α,β-unsaturated/α-hetero) is 1. The van der Waals surface area contributed by atoms with E-state index in [0.29, 0.717) is 64.0 Å². The Morgan fingerprint density at radius 3 is 1.96 bits per heavy atom. The minimum atomic E-state index is -0.497. The number of anilines is 2. The van der Waals surface area contributed by atoms with E-state index in [4.69, 9.17) is 14.2 Å². The lowest BCUT2D eigenvalue weighted by molar-refractivity contribution is -0.123. The van der Waals surface area contributed by atoms with Crippen LogP contribution in [0.15, 0.2) is 9.59 Å². The van der Waals surface area contributed by atoms with Gasteiger partial charge in [0.25, 0.3) is 10.9 Å². The number of nitrogens with one attached hydrogen (secondary N) is 2. The largest absolute Gasteiger partial charge is 0.383 e. The van der Waals surface area contributed by atoms with Gasteiger partial charge < -0.3 is 24.8 Å². The van der Waals surface area contributed by atoms with Crippen LogP contribution in [0.3, 0.4) is 0 Å². The van der Waals surface area contributed by atoms with Crippen LogP contribution in [-0.4, -0.2) is 59.0 Å². The van der Waals surface area contributed by atoms with Gasteiger partial charge in [0.2, 0.25) is 0 Å². The third-order valence-corrected chi connectivity index (χ3v) is 3.59. The van der Waals surface area contributed by atoms with Gasteiger partial charge in [0.15, 0.2) is 0 Å². The second kappa shape index (κ2) is 11.7. The quantitative estimate of drug-likeness (QED) is 0.344. The predicted molar refractivity (Wildman–Crippen MR) is 96.3 cm³/mol. The molecule has 2 N–H and O–H groups in total. The van der Waals surface area contributed by atoms with Gasteiger partial charge >= 0.3 is 0 Å². The molecule has 0 aliphatic rings. The van der Waals surface area contributed by atoms with E-state index in [1.54, 1.807) is 7.05 Å². The summed E-state index contributed by atoms with van der Waals surface area (Å²) in [6.45, 7) is 6.78. The lowest BCUT2D eigenvalue weighted by Gasteiger charge is -2.12. The molecule has 8 nitrogen and oxygen atoms in total. The first kappa shape index (κ1) is 21.3. The Labute approximate surface area is 147 Å². The van der Waals surface area contributed by atoms with Crippen molar-refractivity contribution >= 4 is 17.2 Å². The standard InChI is InChI=1S/C17H28N2O6/c1-12(2)13(20)4-6-23-8-10-25-11-9-24-7-5-19-15-14(18-3)16(21)17(15)22/h12,18-19H,4-11H2,1-3H3. The maximum Gasteiger partial charge on any atom is 0.253 e. The van der Waals surface area contributed by atoms with E-state index in [1.807, 2.05) is 13.8 Å². The SMILES string of the molecule is CNc1c(NCCOCCOCCOCCC(=O)C(C)C)c(=O)c1=O. The van der Waals surface area contributed by atoms with Crippen molar-refractivity contribution < 1.29 is 19.0 Å². The van der Waals surface area contributed by atoms with E-state index in [-0.39, 0.29) is 11.7 Å². The summed E-state index contributed by atoms with van der Waals surface area (Å²) in [5.41, 5.74) is -0.346. The molecule has 0 heterocycles. The molecule has 0 amide bonds. The smallest absolute Gasteiger partial charge is 0.253 e. The number of hydrogen-bond donors (Lipinski definition) is 2. The van der Waals surface area contributed by atoms with Crippen LogP contribution in [0.2, 0.25) is 0 Å². The van der Waals surface area contributed by atoms with Gasteiger partial charge in [0.05, 0.1) is 39.6 Å². The first-order valence-electron chi connectivity index (χ1n) is 8.49. The fourth-order valence-electron chi connectivity index (χ4n) is 2.05. The van der Waals surface area contributed by atoms with Gasteiger partial charge in [-0.3, -0.25) is 14.4 Å². The Morgan fingerprint density at radius 2 is 1.40 bits per heavy atom. The zero-order chi connectivity index (χ0) is 18.7. The van der Waals surface area contributed by atoms with Crippen molar-refractivity contribution in [2.24, 2.45) is 5.92 Å². The monoisotopic (exact) mass is 356 g/mol. The molecule has 0 aliphatic carbocycles. The third kappa shape index (κ3) is 7.33. The molecule has 0 saturated carbocycles. The van der Waals surface area contributed by atoms with Gasteiger partial charge in [-0.1, -0.05) is 13.8 Å². The van der Waals surface area contributed by atoms with E-state index < -0.39 is 10.9 Å². The summed E-state index contributed by atoms with van der Waals surface area (Å²) in [4.78, 5) is 33.9. The number of carbonyl (C=O) groups excluding carboxylic acids is 1. The summed E-state index contributed by atoms with van der Waals surface area (Å²) in [6, 6.07) is 0. The summed E-state index contributed by atoms with van der Waals surface area (Å²) in [5.74, 6) is 0.254.